The second kappa shape index (κ2) is 5.65. The van der Waals surface area contributed by atoms with Gasteiger partial charge in [-0.25, -0.2) is 9.78 Å². The molecule has 0 saturated heterocycles. The van der Waals surface area contributed by atoms with Gasteiger partial charge in [-0.05, 0) is 18.2 Å². The third kappa shape index (κ3) is 3.29. The fourth-order valence-corrected chi connectivity index (χ4v) is 1.76. The molecule has 1 aromatic heterocycles. The maximum absolute atomic E-state index is 10.7. The van der Waals surface area contributed by atoms with E-state index in [1.54, 1.807) is 12.1 Å². The van der Waals surface area contributed by atoms with Gasteiger partial charge in [0.25, 0.3) is 0 Å². The van der Waals surface area contributed by atoms with Gasteiger partial charge >= 0.3 is 5.97 Å². The smallest absolute Gasteiger partial charge is 0.337 e. The number of ether oxygens (including phenoxy) is 1. The zero-order chi connectivity index (χ0) is 14.0. The van der Waals surface area contributed by atoms with Crippen LogP contribution in [0.1, 0.15) is 10.4 Å². The predicted molar refractivity (Wildman–Crippen MR) is 72.7 cm³/mol. The summed E-state index contributed by atoms with van der Waals surface area (Å²) in [5.74, 6) is -0.632. The maximum Gasteiger partial charge on any atom is 0.337 e. The van der Waals surface area contributed by atoms with Gasteiger partial charge in [-0.15, -0.1) is 0 Å². The highest BCUT2D eigenvalue weighted by molar-refractivity contribution is 6.42. The molecule has 1 N–H and O–H groups in total. The molecule has 0 atom stereocenters. The van der Waals surface area contributed by atoms with Gasteiger partial charge in [0, 0.05) is 12.3 Å². The van der Waals surface area contributed by atoms with Crippen LogP contribution in [0.5, 0.6) is 11.6 Å². The van der Waals surface area contributed by atoms with Gasteiger partial charge < -0.3 is 9.84 Å². The highest BCUT2D eigenvalue weighted by Gasteiger charge is 2.11. The maximum atomic E-state index is 10.7. The molecule has 2 rings (SSSR count). The summed E-state index contributed by atoms with van der Waals surface area (Å²) in [6.45, 7) is 0. The van der Waals surface area contributed by atoms with E-state index in [1.807, 2.05) is 0 Å². The van der Waals surface area contributed by atoms with Crippen LogP contribution in [-0.2, 0) is 0 Å². The fourth-order valence-electron chi connectivity index (χ4n) is 1.27. The average Bonchev–Trinajstić information content (AvgIpc) is 2.36. The van der Waals surface area contributed by atoms with Gasteiger partial charge in [-0.1, -0.05) is 34.8 Å². The number of aromatic nitrogens is 1. The Bertz CT molecular complexity index is 646. The number of carboxylic acid groups (broad SMARTS) is 1. The Labute approximate surface area is 123 Å². The van der Waals surface area contributed by atoms with Crippen LogP contribution in [0.15, 0.2) is 30.5 Å². The van der Waals surface area contributed by atoms with E-state index < -0.39 is 5.97 Å². The quantitative estimate of drug-likeness (QED) is 0.903. The van der Waals surface area contributed by atoms with Gasteiger partial charge in [-0.3, -0.25) is 0 Å². The molecule has 2 aromatic rings. The third-order valence-electron chi connectivity index (χ3n) is 2.16. The number of nitrogens with zero attached hydrogens (tertiary/aromatic N) is 1. The van der Waals surface area contributed by atoms with E-state index in [0.29, 0.717) is 15.8 Å². The molecule has 0 fully saturated rings. The lowest BCUT2D eigenvalue weighted by molar-refractivity contribution is 0.0696. The Kier molecular flexibility index (Phi) is 4.14. The average molecular weight is 319 g/mol. The number of halogens is 3. The summed E-state index contributed by atoms with van der Waals surface area (Å²) in [6, 6.07) is 5.92. The molecule has 0 aliphatic carbocycles. The summed E-state index contributed by atoms with van der Waals surface area (Å²) in [4.78, 5) is 14.6. The van der Waals surface area contributed by atoms with Crippen molar-refractivity contribution in [2.75, 3.05) is 0 Å². The van der Waals surface area contributed by atoms with E-state index in [4.69, 9.17) is 44.6 Å². The first-order chi connectivity index (χ1) is 8.97. The van der Waals surface area contributed by atoms with E-state index in [2.05, 4.69) is 4.98 Å². The van der Waals surface area contributed by atoms with Crippen molar-refractivity contribution in [3.05, 3.63) is 51.1 Å². The second-order valence-electron chi connectivity index (χ2n) is 3.49. The standard InChI is InChI=1S/C12H6Cl3NO3/c13-8-2-1-7(4-9(8)14)19-11-10(15)3-6(5-16-11)12(17)18/h1-5H,(H,17,18). The largest absolute Gasteiger partial charge is 0.478 e. The molecule has 0 unspecified atom stereocenters. The van der Waals surface area contributed by atoms with Crippen LogP contribution in [0.2, 0.25) is 15.1 Å². The SMILES string of the molecule is O=C(O)c1cnc(Oc2ccc(Cl)c(Cl)c2)c(Cl)c1. The Hall–Kier alpha value is -1.49. The number of carbonyl (C=O) groups is 1. The highest BCUT2D eigenvalue weighted by atomic mass is 35.5. The van der Waals surface area contributed by atoms with E-state index in [0.717, 1.165) is 6.20 Å². The van der Waals surface area contributed by atoms with Gasteiger partial charge in [0.1, 0.15) is 10.8 Å². The monoisotopic (exact) mass is 317 g/mol. The molecule has 19 heavy (non-hydrogen) atoms. The number of benzene rings is 1. The lowest BCUT2D eigenvalue weighted by atomic mass is 10.3. The topological polar surface area (TPSA) is 59.4 Å². The lowest BCUT2D eigenvalue weighted by Crippen LogP contribution is -1.98. The molecule has 0 spiro atoms. The van der Waals surface area contributed by atoms with Crippen LogP contribution < -0.4 is 4.74 Å². The second-order valence-corrected chi connectivity index (χ2v) is 4.72. The van der Waals surface area contributed by atoms with E-state index >= 15 is 0 Å². The van der Waals surface area contributed by atoms with Crippen molar-refractivity contribution < 1.29 is 14.6 Å². The molecule has 1 aromatic carbocycles. The summed E-state index contributed by atoms with van der Waals surface area (Å²) < 4.78 is 5.40. The van der Waals surface area contributed by atoms with Crippen LogP contribution in [0.25, 0.3) is 0 Å². The van der Waals surface area contributed by atoms with Crippen molar-refractivity contribution in [1.82, 2.24) is 4.98 Å². The molecule has 0 aliphatic heterocycles. The minimum absolute atomic E-state index is 0.0218. The first-order valence-corrected chi connectivity index (χ1v) is 6.12. The number of pyridine rings is 1. The van der Waals surface area contributed by atoms with Gasteiger partial charge in [-0.2, -0.15) is 0 Å². The lowest BCUT2D eigenvalue weighted by Gasteiger charge is -2.07. The first kappa shape index (κ1) is 13.9. The van der Waals surface area contributed by atoms with E-state index in [-0.39, 0.29) is 16.5 Å². The van der Waals surface area contributed by atoms with Crippen molar-refractivity contribution >= 4 is 40.8 Å². The van der Waals surface area contributed by atoms with Gasteiger partial charge in [0.05, 0.1) is 15.6 Å². The van der Waals surface area contributed by atoms with Crippen molar-refractivity contribution in [2.24, 2.45) is 0 Å². The Morgan fingerprint density at radius 2 is 1.84 bits per heavy atom. The molecular weight excluding hydrogens is 312 g/mol. The summed E-state index contributed by atoms with van der Waals surface area (Å²) >= 11 is 17.5. The van der Waals surface area contributed by atoms with Crippen molar-refractivity contribution in [1.29, 1.82) is 0 Å². The van der Waals surface area contributed by atoms with E-state index in [1.165, 1.54) is 12.1 Å². The fraction of sp³-hybridized carbons (Fsp3) is 0. The molecule has 1 heterocycles. The number of carboxylic acids is 1. The Morgan fingerprint density at radius 1 is 1.11 bits per heavy atom. The molecule has 0 aliphatic rings. The zero-order valence-corrected chi connectivity index (χ0v) is 11.5. The number of hydrogen-bond acceptors (Lipinski definition) is 3. The van der Waals surface area contributed by atoms with Crippen LogP contribution >= 0.6 is 34.8 Å². The first-order valence-electron chi connectivity index (χ1n) is 4.99. The Balaban J connectivity index is 2.28. The van der Waals surface area contributed by atoms with Crippen LogP contribution in [-0.4, -0.2) is 16.1 Å². The molecule has 0 saturated carbocycles. The summed E-state index contributed by atoms with van der Waals surface area (Å²) in [5.41, 5.74) is -0.0218. The third-order valence-corrected chi connectivity index (χ3v) is 3.17. The molecule has 0 radical (unpaired) electrons. The van der Waals surface area contributed by atoms with Crippen molar-refractivity contribution in [2.45, 2.75) is 0 Å². The van der Waals surface area contributed by atoms with E-state index in [9.17, 15) is 4.79 Å². The minimum atomic E-state index is -1.12. The summed E-state index contributed by atoms with van der Waals surface area (Å²) in [6.07, 6.45) is 1.15. The highest BCUT2D eigenvalue weighted by Crippen LogP contribution is 2.31. The summed E-state index contributed by atoms with van der Waals surface area (Å²) in [7, 11) is 0. The minimum Gasteiger partial charge on any atom is -0.478 e. The van der Waals surface area contributed by atoms with Gasteiger partial charge in [0.2, 0.25) is 5.88 Å². The molecule has 4 nitrogen and oxygen atoms in total. The van der Waals surface area contributed by atoms with Crippen LogP contribution in [0, 0.1) is 0 Å². The van der Waals surface area contributed by atoms with Crippen molar-refractivity contribution in [3.8, 4) is 11.6 Å². The molecule has 0 amide bonds. The van der Waals surface area contributed by atoms with Gasteiger partial charge in [0.15, 0.2) is 0 Å². The van der Waals surface area contributed by atoms with Crippen molar-refractivity contribution in [3.63, 3.8) is 0 Å². The molecular formula is C12H6Cl3NO3. The molecule has 98 valence electrons. The number of rotatable bonds is 3. The number of aromatic carboxylic acids is 1. The normalized spacial score (nSPS) is 10.3. The Morgan fingerprint density at radius 3 is 2.42 bits per heavy atom. The number of hydrogen-bond donors (Lipinski definition) is 1. The predicted octanol–water partition coefficient (Wildman–Crippen LogP) is 4.53. The van der Waals surface area contributed by atoms with Crippen LogP contribution in [0.3, 0.4) is 0 Å². The zero-order valence-electron chi connectivity index (χ0n) is 9.23. The molecule has 0 bridgehead atoms. The van der Waals surface area contributed by atoms with Crippen LogP contribution in [0.4, 0.5) is 0 Å². The molecule has 7 heteroatoms. The summed E-state index contributed by atoms with van der Waals surface area (Å²) in [5, 5.41) is 9.60.